The van der Waals surface area contributed by atoms with Crippen LogP contribution in [0.1, 0.15) is 31.7 Å². The number of likely N-dealkylation sites (tertiary alicyclic amines) is 1. The molecule has 1 aromatic rings. The molecular formula is C16H20NO4-. The Hall–Kier alpha value is -2.04. The van der Waals surface area contributed by atoms with Crippen molar-refractivity contribution >= 4 is 11.9 Å². The van der Waals surface area contributed by atoms with Crippen molar-refractivity contribution in [3.05, 3.63) is 29.8 Å². The third-order valence-corrected chi connectivity index (χ3v) is 3.61. The molecule has 1 aliphatic rings. The Balaban J connectivity index is 1.88. The number of carboxylic acid groups (broad SMARTS) is 1. The maximum Gasteiger partial charge on any atom is 0.223 e. The summed E-state index contributed by atoms with van der Waals surface area (Å²) in [5.41, 5.74) is 0.963. The van der Waals surface area contributed by atoms with E-state index < -0.39 is 11.9 Å². The van der Waals surface area contributed by atoms with Crippen molar-refractivity contribution in [3.63, 3.8) is 0 Å². The van der Waals surface area contributed by atoms with Gasteiger partial charge in [-0.1, -0.05) is 25.5 Å². The fourth-order valence-electron chi connectivity index (χ4n) is 2.33. The Labute approximate surface area is 124 Å². The fourth-order valence-corrected chi connectivity index (χ4v) is 2.33. The van der Waals surface area contributed by atoms with Crippen LogP contribution in [-0.2, 0) is 16.1 Å². The highest BCUT2D eigenvalue weighted by Crippen LogP contribution is 2.21. The van der Waals surface area contributed by atoms with E-state index >= 15 is 0 Å². The number of aliphatic carboxylic acids is 1. The number of carbonyl (C=O) groups excluding carboxylic acids is 2. The van der Waals surface area contributed by atoms with Gasteiger partial charge in [0.2, 0.25) is 5.91 Å². The maximum absolute atomic E-state index is 11.7. The van der Waals surface area contributed by atoms with Gasteiger partial charge in [-0.2, -0.15) is 0 Å². The van der Waals surface area contributed by atoms with Crippen molar-refractivity contribution in [1.82, 2.24) is 4.90 Å². The van der Waals surface area contributed by atoms with E-state index in [1.165, 1.54) is 0 Å². The van der Waals surface area contributed by atoms with Gasteiger partial charge in [-0.15, -0.1) is 0 Å². The van der Waals surface area contributed by atoms with Crippen LogP contribution in [0.5, 0.6) is 5.75 Å². The number of nitrogens with zero attached hydrogens (tertiary/aromatic N) is 1. The lowest BCUT2D eigenvalue weighted by Crippen LogP contribution is -2.33. The standard InChI is InChI=1S/C16H21NO4/c1-2-3-8-21-14-6-4-12(5-7-14)10-17-11-13(16(19)20)9-15(17)18/h4-7,13H,2-3,8-11H2,1H3,(H,19,20)/p-1/t13-/m0/s1. The first kappa shape index (κ1) is 15.4. The number of unbranched alkanes of at least 4 members (excludes halogenated alkanes) is 1. The highest BCUT2D eigenvalue weighted by molar-refractivity contribution is 5.85. The summed E-state index contributed by atoms with van der Waals surface area (Å²) in [5.74, 6) is -1.15. The Morgan fingerprint density at radius 1 is 1.38 bits per heavy atom. The Kier molecular flexibility index (Phi) is 5.20. The lowest BCUT2D eigenvalue weighted by atomic mass is 10.1. The molecule has 0 radical (unpaired) electrons. The number of amides is 1. The number of hydrogen-bond acceptors (Lipinski definition) is 4. The topological polar surface area (TPSA) is 69.7 Å². The second-order valence-corrected chi connectivity index (χ2v) is 5.34. The predicted octanol–water partition coefficient (Wildman–Crippen LogP) is 0.964. The van der Waals surface area contributed by atoms with Crippen LogP contribution in [0.2, 0.25) is 0 Å². The molecule has 21 heavy (non-hydrogen) atoms. The monoisotopic (exact) mass is 290 g/mol. The highest BCUT2D eigenvalue weighted by Gasteiger charge is 2.30. The molecule has 0 spiro atoms. The van der Waals surface area contributed by atoms with Crippen LogP contribution < -0.4 is 9.84 Å². The van der Waals surface area contributed by atoms with E-state index in [0.29, 0.717) is 13.2 Å². The lowest BCUT2D eigenvalue weighted by molar-refractivity contribution is -0.311. The van der Waals surface area contributed by atoms with Crippen LogP contribution in [0.15, 0.2) is 24.3 Å². The molecule has 0 aliphatic carbocycles. The van der Waals surface area contributed by atoms with Gasteiger partial charge < -0.3 is 19.5 Å². The molecule has 2 rings (SSSR count). The molecule has 5 heteroatoms. The van der Waals surface area contributed by atoms with Crippen LogP contribution >= 0.6 is 0 Å². The van der Waals surface area contributed by atoms with Crippen LogP contribution in [0.25, 0.3) is 0 Å². The van der Waals surface area contributed by atoms with Gasteiger partial charge >= 0.3 is 0 Å². The van der Waals surface area contributed by atoms with Crippen LogP contribution in [0.3, 0.4) is 0 Å². The van der Waals surface area contributed by atoms with Gasteiger partial charge in [0.1, 0.15) is 5.75 Å². The molecule has 1 fully saturated rings. The number of hydrogen-bond donors (Lipinski definition) is 0. The minimum atomic E-state index is -1.15. The zero-order chi connectivity index (χ0) is 15.2. The highest BCUT2D eigenvalue weighted by atomic mass is 16.5. The average molecular weight is 290 g/mol. The number of carbonyl (C=O) groups is 2. The number of carboxylic acids is 1. The summed E-state index contributed by atoms with van der Waals surface area (Å²) in [6.45, 7) is 3.47. The van der Waals surface area contributed by atoms with Crippen molar-refractivity contribution in [2.24, 2.45) is 5.92 Å². The quantitative estimate of drug-likeness (QED) is 0.701. The first-order valence-electron chi connectivity index (χ1n) is 7.30. The molecule has 0 N–H and O–H groups in total. The molecule has 0 unspecified atom stereocenters. The van der Waals surface area contributed by atoms with Crippen LogP contribution in [0.4, 0.5) is 0 Å². The summed E-state index contributed by atoms with van der Waals surface area (Å²) in [4.78, 5) is 24.1. The van der Waals surface area contributed by atoms with E-state index in [1.807, 2.05) is 24.3 Å². The summed E-state index contributed by atoms with van der Waals surface area (Å²) in [6, 6.07) is 7.56. The van der Waals surface area contributed by atoms with Gasteiger partial charge in [0.15, 0.2) is 0 Å². The van der Waals surface area contributed by atoms with Crippen molar-refractivity contribution in [1.29, 1.82) is 0 Å². The molecule has 1 amide bonds. The minimum absolute atomic E-state index is 0.0422. The normalized spacial score (nSPS) is 18.0. The smallest absolute Gasteiger partial charge is 0.223 e. The molecule has 114 valence electrons. The lowest BCUT2D eigenvalue weighted by Gasteiger charge is -2.17. The Bertz CT molecular complexity index is 498. The SMILES string of the molecule is CCCCOc1ccc(CN2C[C@@H](C(=O)[O-])CC2=O)cc1. The molecular weight excluding hydrogens is 270 g/mol. The third-order valence-electron chi connectivity index (χ3n) is 3.61. The van der Waals surface area contributed by atoms with Gasteiger partial charge in [0.05, 0.1) is 6.61 Å². The molecule has 1 saturated heterocycles. The second-order valence-electron chi connectivity index (χ2n) is 5.34. The average Bonchev–Trinajstić information content (AvgIpc) is 2.83. The maximum atomic E-state index is 11.7. The number of ether oxygens (including phenoxy) is 1. The molecule has 0 saturated carbocycles. The minimum Gasteiger partial charge on any atom is -0.550 e. The number of benzene rings is 1. The molecule has 0 bridgehead atoms. The molecule has 1 aliphatic heterocycles. The zero-order valence-electron chi connectivity index (χ0n) is 12.2. The molecule has 1 atom stereocenters. The van der Waals surface area contributed by atoms with E-state index in [1.54, 1.807) is 4.90 Å². The zero-order valence-corrected chi connectivity index (χ0v) is 12.2. The van der Waals surface area contributed by atoms with Gasteiger partial charge in [0, 0.05) is 31.4 Å². The largest absolute Gasteiger partial charge is 0.550 e. The molecule has 0 aromatic heterocycles. The first-order chi connectivity index (χ1) is 10.1. The summed E-state index contributed by atoms with van der Waals surface area (Å²) in [7, 11) is 0. The van der Waals surface area contributed by atoms with E-state index in [0.717, 1.165) is 24.2 Å². The Morgan fingerprint density at radius 2 is 2.10 bits per heavy atom. The van der Waals surface area contributed by atoms with Crippen molar-refractivity contribution in [3.8, 4) is 5.75 Å². The van der Waals surface area contributed by atoms with Crippen LogP contribution in [-0.4, -0.2) is 29.9 Å². The first-order valence-corrected chi connectivity index (χ1v) is 7.30. The summed E-state index contributed by atoms with van der Waals surface area (Å²) >= 11 is 0. The van der Waals surface area contributed by atoms with Gasteiger partial charge in [-0.25, -0.2) is 0 Å². The van der Waals surface area contributed by atoms with E-state index in [4.69, 9.17) is 4.74 Å². The number of rotatable bonds is 7. The van der Waals surface area contributed by atoms with Crippen LogP contribution in [0, 0.1) is 5.92 Å². The van der Waals surface area contributed by atoms with Crippen molar-refractivity contribution < 1.29 is 19.4 Å². The molecule has 5 nitrogen and oxygen atoms in total. The summed E-state index contributed by atoms with van der Waals surface area (Å²) in [6.07, 6.45) is 2.16. The van der Waals surface area contributed by atoms with Gasteiger partial charge in [-0.05, 0) is 24.1 Å². The third kappa shape index (κ3) is 4.21. The van der Waals surface area contributed by atoms with E-state index in [9.17, 15) is 14.7 Å². The molecule has 1 aromatic carbocycles. The van der Waals surface area contributed by atoms with Crippen molar-refractivity contribution in [2.45, 2.75) is 32.7 Å². The second kappa shape index (κ2) is 7.11. The van der Waals surface area contributed by atoms with Gasteiger partial charge in [-0.3, -0.25) is 4.79 Å². The van der Waals surface area contributed by atoms with E-state index in [-0.39, 0.29) is 18.9 Å². The fraction of sp³-hybridized carbons (Fsp3) is 0.500. The summed E-state index contributed by atoms with van der Waals surface area (Å²) < 4.78 is 5.57. The van der Waals surface area contributed by atoms with Crippen molar-refractivity contribution in [2.75, 3.05) is 13.2 Å². The van der Waals surface area contributed by atoms with E-state index in [2.05, 4.69) is 6.92 Å². The molecule has 1 heterocycles. The summed E-state index contributed by atoms with van der Waals surface area (Å²) in [5, 5.41) is 10.8. The Morgan fingerprint density at radius 3 is 2.67 bits per heavy atom. The van der Waals surface area contributed by atoms with Gasteiger partial charge in [0.25, 0.3) is 0 Å². The predicted molar refractivity (Wildman–Crippen MR) is 75.4 cm³/mol.